The molecule has 23 heavy (non-hydrogen) atoms. The van der Waals surface area contributed by atoms with Crippen LogP contribution < -0.4 is 16.0 Å². The predicted octanol–water partition coefficient (Wildman–Crippen LogP) is 2.79. The molecule has 8 heteroatoms. The molecule has 1 aromatic carbocycles. The van der Waals surface area contributed by atoms with E-state index in [2.05, 4.69) is 20.2 Å². The first-order chi connectivity index (χ1) is 9.76. The van der Waals surface area contributed by atoms with E-state index in [1.807, 2.05) is 43.4 Å². The van der Waals surface area contributed by atoms with Crippen molar-refractivity contribution in [2.75, 3.05) is 30.8 Å². The number of hydrogen-bond donors (Lipinski definition) is 2. The number of benzene rings is 1. The van der Waals surface area contributed by atoms with Crippen LogP contribution in [0.25, 0.3) is 11.3 Å². The molecule has 2 heterocycles. The molecule has 0 radical (unpaired) electrons. The first-order valence-corrected chi connectivity index (χ1v) is 6.88. The molecule has 3 N–H and O–H groups in total. The first kappa shape index (κ1) is 21.7. The van der Waals surface area contributed by atoms with Gasteiger partial charge in [0.1, 0.15) is 5.82 Å². The SMILES string of the molecule is CN[C@@H]1CCN(c2cc(-c3ccccc3)nc(N)n2)C1.Cl.Cl.Cl. The van der Waals surface area contributed by atoms with Gasteiger partial charge in [-0.1, -0.05) is 30.3 Å². The van der Waals surface area contributed by atoms with Crippen molar-refractivity contribution in [1.82, 2.24) is 15.3 Å². The Labute approximate surface area is 155 Å². The fourth-order valence-electron chi connectivity index (χ4n) is 2.58. The largest absolute Gasteiger partial charge is 0.368 e. The molecular weight excluding hydrogens is 357 g/mol. The molecule has 0 unspecified atom stereocenters. The molecule has 5 nitrogen and oxygen atoms in total. The van der Waals surface area contributed by atoms with E-state index in [9.17, 15) is 0 Å². The zero-order valence-electron chi connectivity index (χ0n) is 12.8. The molecule has 1 atom stereocenters. The van der Waals surface area contributed by atoms with E-state index in [0.717, 1.165) is 36.6 Å². The van der Waals surface area contributed by atoms with Crippen LogP contribution in [-0.2, 0) is 0 Å². The Morgan fingerprint density at radius 3 is 2.43 bits per heavy atom. The van der Waals surface area contributed by atoms with Crippen LogP contribution in [0.5, 0.6) is 0 Å². The molecule has 0 aliphatic carbocycles. The van der Waals surface area contributed by atoms with E-state index < -0.39 is 0 Å². The standard InChI is InChI=1S/C15H19N5.3ClH/c1-17-12-7-8-20(10-12)14-9-13(18-15(16)19-14)11-5-3-2-4-6-11;;;/h2-6,9,12,17H,7-8,10H2,1H3,(H2,16,18,19);3*1H/t12-;;;/m1.../s1. The Bertz CT molecular complexity index is 597. The lowest BCUT2D eigenvalue weighted by Gasteiger charge is -2.18. The van der Waals surface area contributed by atoms with Crippen LogP contribution in [0.3, 0.4) is 0 Å². The van der Waals surface area contributed by atoms with Gasteiger partial charge in [0, 0.05) is 30.8 Å². The van der Waals surface area contributed by atoms with Crippen LogP contribution in [0.2, 0.25) is 0 Å². The number of nitrogens with two attached hydrogens (primary N) is 1. The van der Waals surface area contributed by atoms with Gasteiger partial charge in [-0.25, -0.2) is 4.98 Å². The highest BCUT2D eigenvalue weighted by Gasteiger charge is 2.22. The number of anilines is 2. The second kappa shape index (κ2) is 9.78. The summed E-state index contributed by atoms with van der Waals surface area (Å²) in [4.78, 5) is 11.0. The molecule has 0 amide bonds. The number of nitrogens with zero attached hydrogens (tertiary/aromatic N) is 3. The van der Waals surface area contributed by atoms with E-state index in [4.69, 9.17) is 5.73 Å². The van der Waals surface area contributed by atoms with Gasteiger partial charge in [0.05, 0.1) is 5.69 Å². The summed E-state index contributed by atoms with van der Waals surface area (Å²) in [6, 6.07) is 12.6. The van der Waals surface area contributed by atoms with Crippen LogP contribution in [0, 0.1) is 0 Å². The van der Waals surface area contributed by atoms with Crippen molar-refractivity contribution in [2.45, 2.75) is 12.5 Å². The second-order valence-corrected chi connectivity index (χ2v) is 5.06. The highest BCUT2D eigenvalue weighted by Crippen LogP contribution is 2.24. The van der Waals surface area contributed by atoms with Gasteiger partial charge < -0.3 is 16.0 Å². The van der Waals surface area contributed by atoms with Gasteiger partial charge in [-0.3, -0.25) is 0 Å². The van der Waals surface area contributed by atoms with Gasteiger partial charge >= 0.3 is 0 Å². The molecule has 0 bridgehead atoms. The Morgan fingerprint density at radius 1 is 1.13 bits per heavy atom. The highest BCUT2D eigenvalue weighted by molar-refractivity contribution is 5.86. The Balaban J connectivity index is 0.00000161. The lowest BCUT2D eigenvalue weighted by Crippen LogP contribution is -2.30. The summed E-state index contributed by atoms with van der Waals surface area (Å²) in [5.41, 5.74) is 7.81. The summed E-state index contributed by atoms with van der Waals surface area (Å²) in [5, 5.41) is 3.31. The summed E-state index contributed by atoms with van der Waals surface area (Å²) in [6.45, 7) is 1.96. The lowest BCUT2D eigenvalue weighted by molar-refractivity contribution is 0.616. The monoisotopic (exact) mass is 377 g/mol. The number of halogens is 3. The summed E-state index contributed by atoms with van der Waals surface area (Å²) in [6.07, 6.45) is 1.13. The minimum atomic E-state index is 0. The van der Waals surface area contributed by atoms with Gasteiger partial charge in [-0.15, -0.1) is 37.2 Å². The molecular formula is C15H22Cl3N5. The quantitative estimate of drug-likeness (QED) is 0.859. The van der Waals surface area contributed by atoms with E-state index in [-0.39, 0.29) is 37.2 Å². The normalized spacial score (nSPS) is 16.0. The molecule has 1 aliphatic heterocycles. The smallest absolute Gasteiger partial charge is 0.222 e. The third-order valence-corrected chi connectivity index (χ3v) is 3.72. The fourth-order valence-corrected chi connectivity index (χ4v) is 2.58. The van der Waals surface area contributed by atoms with Crippen molar-refractivity contribution < 1.29 is 0 Å². The fraction of sp³-hybridized carbons (Fsp3) is 0.333. The molecule has 3 rings (SSSR count). The third-order valence-electron chi connectivity index (χ3n) is 3.72. The van der Waals surface area contributed by atoms with Gasteiger partial charge in [-0.05, 0) is 13.5 Å². The maximum atomic E-state index is 5.87. The van der Waals surface area contributed by atoms with Crippen LogP contribution >= 0.6 is 37.2 Å². The first-order valence-electron chi connectivity index (χ1n) is 6.88. The number of hydrogen-bond acceptors (Lipinski definition) is 5. The Morgan fingerprint density at radius 2 is 1.83 bits per heavy atom. The summed E-state index contributed by atoms with van der Waals surface area (Å²) in [7, 11) is 2.00. The van der Waals surface area contributed by atoms with Gasteiger partial charge in [0.15, 0.2) is 0 Å². The van der Waals surface area contributed by atoms with Gasteiger partial charge in [-0.2, -0.15) is 4.98 Å². The number of nitrogen functional groups attached to an aromatic ring is 1. The third kappa shape index (κ3) is 5.11. The zero-order valence-corrected chi connectivity index (χ0v) is 15.3. The van der Waals surface area contributed by atoms with Gasteiger partial charge in [0.2, 0.25) is 5.95 Å². The number of nitrogens with one attached hydrogen (secondary N) is 1. The number of likely N-dealkylation sites (N-methyl/N-ethyl adjacent to an activating group) is 1. The van der Waals surface area contributed by atoms with E-state index >= 15 is 0 Å². The molecule has 128 valence electrons. The zero-order chi connectivity index (χ0) is 13.9. The number of rotatable bonds is 3. The minimum absolute atomic E-state index is 0. The summed E-state index contributed by atoms with van der Waals surface area (Å²) < 4.78 is 0. The summed E-state index contributed by atoms with van der Waals surface area (Å²) >= 11 is 0. The lowest BCUT2D eigenvalue weighted by atomic mass is 10.1. The Hall–Kier alpha value is -1.27. The molecule has 1 aliphatic rings. The van der Waals surface area contributed by atoms with Gasteiger partial charge in [0.25, 0.3) is 0 Å². The van der Waals surface area contributed by atoms with E-state index in [0.29, 0.717) is 12.0 Å². The van der Waals surface area contributed by atoms with Crippen LogP contribution in [0.15, 0.2) is 36.4 Å². The number of aromatic nitrogens is 2. The van der Waals surface area contributed by atoms with Crippen LogP contribution in [0.4, 0.5) is 11.8 Å². The van der Waals surface area contributed by atoms with Crippen molar-refractivity contribution >= 4 is 49.0 Å². The highest BCUT2D eigenvalue weighted by atomic mass is 35.5. The molecule has 0 saturated carbocycles. The Kier molecular flexibility index (Phi) is 9.24. The molecule has 1 saturated heterocycles. The molecule has 1 aromatic heterocycles. The van der Waals surface area contributed by atoms with Crippen molar-refractivity contribution in [3.63, 3.8) is 0 Å². The molecule has 2 aromatic rings. The van der Waals surface area contributed by atoms with Crippen molar-refractivity contribution in [1.29, 1.82) is 0 Å². The van der Waals surface area contributed by atoms with Crippen molar-refractivity contribution in [2.24, 2.45) is 0 Å². The topological polar surface area (TPSA) is 67.1 Å². The second-order valence-electron chi connectivity index (χ2n) is 5.06. The maximum Gasteiger partial charge on any atom is 0.222 e. The van der Waals surface area contributed by atoms with Crippen molar-refractivity contribution in [3.05, 3.63) is 36.4 Å². The van der Waals surface area contributed by atoms with Crippen molar-refractivity contribution in [3.8, 4) is 11.3 Å². The van der Waals surface area contributed by atoms with Crippen LogP contribution in [0.1, 0.15) is 6.42 Å². The average molecular weight is 379 g/mol. The summed E-state index contributed by atoms with van der Waals surface area (Å²) in [5.74, 6) is 1.24. The van der Waals surface area contributed by atoms with E-state index in [1.165, 1.54) is 0 Å². The van der Waals surface area contributed by atoms with Crippen LogP contribution in [-0.4, -0.2) is 36.1 Å². The minimum Gasteiger partial charge on any atom is -0.368 e. The molecule has 0 spiro atoms. The molecule has 1 fully saturated rings. The maximum absolute atomic E-state index is 5.87. The average Bonchev–Trinajstić information content (AvgIpc) is 2.96. The van der Waals surface area contributed by atoms with E-state index in [1.54, 1.807) is 0 Å². The predicted molar refractivity (Wildman–Crippen MR) is 103 cm³/mol.